The predicted octanol–water partition coefficient (Wildman–Crippen LogP) is -2.10. The minimum atomic E-state index is -1.67. The smallest absolute Gasteiger partial charge is 0.323 e. The van der Waals surface area contributed by atoms with E-state index in [1.807, 2.05) is 30.3 Å². The van der Waals surface area contributed by atoms with Crippen LogP contribution in [0.3, 0.4) is 0 Å². The summed E-state index contributed by atoms with van der Waals surface area (Å²) in [4.78, 5) is 11.9. The molecule has 0 aliphatic carbocycles. The summed E-state index contributed by atoms with van der Waals surface area (Å²) >= 11 is 0. The molecule has 8 nitrogen and oxygen atoms in total. The first kappa shape index (κ1) is 17.8. The number of hydrogen-bond acceptors (Lipinski definition) is 8. The van der Waals surface area contributed by atoms with Crippen molar-refractivity contribution < 1.29 is 34.7 Å². The van der Waals surface area contributed by atoms with E-state index in [9.17, 15) is 25.2 Å². The zero-order valence-electron chi connectivity index (χ0n) is 12.4. The SMILES string of the molecule is N[C@H](Cc1ccccc1)C(=O)OCC1O[C@H](O)C(O)C(O)[C@H]1O. The Hall–Kier alpha value is -1.55. The first-order valence-corrected chi connectivity index (χ1v) is 7.24. The van der Waals surface area contributed by atoms with E-state index in [2.05, 4.69) is 0 Å². The standard InChI is InChI=1S/C15H21NO7/c16-9(6-8-4-2-1-3-5-8)14(20)22-7-10-11(17)12(18)13(19)15(21)23-10/h1-5,9-13,15,17-19,21H,6-7,16H2/t9-,10?,11+,12?,13?,15+/m1/s1. The van der Waals surface area contributed by atoms with Crippen LogP contribution in [0.1, 0.15) is 5.56 Å². The third-order valence-corrected chi connectivity index (χ3v) is 3.68. The first-order chi connectivity index (χ1) is 10.9. The highest BCUT2D eigenvalue weighted by atomic mass is 16.6. The molecule has 1 aliphatic rings. The number of ether oxygens (including phenoxy) is 2. The number of rotatable bonds is 5. The molecular weight excluding hydrogens is 306 g/mol. The Bertz CT molecular complexity index is 512. The van der Waals surface area contributed by atoms with Gasteiger partial charge in [0.2, 0.25) is 0 Å². The van der Waals surface area contributed by atoms with E-state index >= 15 is 0 Å². The summed E-state index contributed by atoms with van der Waals surface area (Å²) in [6, 6.07) is 8.27. The third-order valence-electron chi connectivity index (χ3n) is 3.68. The monoisotopic (exact) mass is 327 g/mol. The van der Waals surface area contributed by atoms with Crippen molar-refractivity contribution in [3.63, 3.8) is 0 Å². The van der Waals surface area contributed by atoms with Gasteiger partial charge in [0.15, 0.2) is 6.29 Å². The van der Waals surface area contributed by atoms with Gasteiger partial charge in [-0.25, -0.2) is 0 Å². The molecule has 8 heteroatoms. The highest BCUT2D eigenvalue weighted by Gasteiger charge is 2.43. The van der Waals surface area contributed by atoms with Gasteiger partial charge in [0, 0.05) is 0 Å². The van der Waals surface area contributed by atoms with Crippen LogP contribution < -0.4 is 5.73 Å². The van der Waals surface area contributed by atoms with Crippen LogP contribution in [0.4, 0.5) is 0 Å². The molecule has 0 spiro atoms. The molecule has 1 aromatic rings. The molecule has 0 bridgehead atoms. The zero-order valence-corrected chi connectivity index (χ0v) is 12.4. The van der Waals surface area contributed by atoms with Gasteiger partial charge in [0.05, 0.1) is 0 Å². The van der Waals surface area contributed by atoms with Gasteiger partial charge in [0.25, 0.3) is 0 Å². The van der Waals surface area contributed by atoms with Crippen LogP contribution in [0.5, 0.6) is 0 Å². The lowest BCUT2D eigenvalue weighted by molar-refractivity contribution is -0.287. The Morgan fingerprint density at radius 1 is 1.13 bits per heavy atom. The lowest BCUT2D eigenvalue weighted by Gasteiger charge is -2.37. The van der Waals surface area contributed by atoms with E-state index in [0.29, 0.717) is 0 Å². The second-order valence-electron chi connectivity index (χ2n) is 5.46. The van der Waals surface area contributed by atoms with Crippen LogP contribution in [0.25, 0.3) is 0 Å². The summed E-state index contributed by atoms with van der Waals surface area (Å²) in [5, 5.41) is 38.0. The topological polar surface area (TPSA) is 142 Å². The molecule has 6 atom stereocenters. The largest absolute Gasteiger partial charge is 0.462 e. The van der Waals surface area contributed by atoms with Crippen molar-refractivity contribution in [2.45, 2.75) is 43.2 Å². The lowest BCUT2D eigenvalue weighted by Crippen LogP contribution is -2.58. The van der Waals surface area contributed by atoms with E-state index in [1.54, 1.807) is 0 Å². The van der Waals surface area contributed by atoms with Crippen LogP contribution >= 0.6 is 0 Å². The maximum atomic E-state index is 11.9. The van der Waals surface area contributed by atoms with Crippen molar-refractivity contribution in [2.24, 2.45) is 5.73 Å². The number of nitrogens with two attached hydrogens (primary N) is 1. The zero-order chi connectivity index (χ0) is 17.0. The van der Waals surface area contributed by atoms with Crippen LogP contribution in [0.15, 0.2) is 30.3 Å². The van der Waals surface area contributed by atoms with Gasteiger partial charge in [-0.15, -0.1) is 0 Å². The molecule has 23 heavy (non-hydrogen) atoms. The Morgan fingerprint density at radius 2 is 1.78 bits per heavy atom. The summed E-state index contributed by atoms with van der Waals surface area (Å²) in [7, 11) is 0. The van der Waals surface area contributed by atoms with E-state index in [-0.39, 0.29) is 6.42 Å². The van der Waals surface area contributed by atoms with Gasteiger partial charge in [0.1, 0.15) is 37.1 Å². The molecule has 1 aliphatic heterocycles. The summed E-state index contributed by atoms with van der Waals surface area (Å²) in [6.07, 6.45) is -7.26. The van der Waals surface area contributed by atoms with Gasteiger partial charge < -0.3 is 35.6 Å². The first-order valence-electron chi connectivity index (χ1n) is 7.24. The lowest BCUT2D eigenvalue weighted by atomic mass is 9.99. The summed E-state index contributed by atoms with van der Waals surface area (Å²) in [6.45, 7) is -0.399. The number of aliphatic hydroxyl groups is 4. The van der Waals surface area contributed by atoms with Crippen LogP contribution in [-0.2, 0) is 20.7 Å². The second kappa shape index (κ2) is 7.82. The molecule has 2 rings (SSSR count). The summed E-state index contributed by atoms with van der Waals surface area (Å²) in [5.41, 5.74) is 6.63. The summed E-state index contributed by atoms with van der Waals surface area (Å²) < 4.78 is 9.87. The minimum absolute atomic E-state index is 0.289. The Labute approximate surface area is 133 Å². The molecule has 1 heterocycles. The maximum absolute atomic E-state index is 11.9. The van der Waals surface area contributed by atoms with E-state index < -0.39 is 49.3 Å². The molecule has 1 fully saturated rings. The van der Waals surface area contributed by atoms with Crippen molar-refractivity contribution in [2.75, 3.05) is 6.61 Å². The fourth-order valence-corrected chi connectivity index (χ4v) is 2.29. The average Bonchev–Trinajstić information content (AvgIpc) is 2.55. The molecule has 0 radical (unpaired) electrons. The van der Waals surface area contributed by atoms with Gasteiger partial charge in [-0.3, -0.25) is 4.79 Å². The van der Waals surface area contributed by atoms with Crippen molar-refractivity contribution in [1.82, 2.24) is 0 Å². The summed E-state index contributed by atoms with van der Waals surface area (Å²) in [5.74, 6) is -0.695. The molecule has 128 valence electrons. The van der Waals surface area contributed by atoms with Gasteiger partial charge >= 0.3 is 5.97 Å². The Balaban J connectivity index is 1.84. The average molecular weight is 327 g/mol. The normalized spacial score (nSPS) is 32.3. The molecule has 0 saturated carbocycles. The van der Waals surface area contributed by atoms with E-state index in [0.717, 1.165) is 5.56 Å². The maximum Gasteiger partial charge on any atom is 0.323 e. The molecular formula is C15H21NO7. The molecule has 1 aromatic carbocycles. The number of benzene rings is 1. The fraction of sp³-hybridized carbons (Fsp3) is 0.533. The number of hydrogen-bond donors (Lipinski definition) is 5. The van der Waals surface area contributed by atoms with Crippen LogP contribution in [0.2, 0.25) is 0 Å². The highest BCUT2D eigenvalue weighted by molar-refractivity contribution is 5.75. The van der Waals surface area contributed by atoms with Crippen molar-refractivity contribution in [1.29, 1.82) is 0 Å². The molecule has 0 amide bonds. The fourth-order valence-electron chi connectivity index (χ4n) is 2.29. The molecule has 6 N–H and O–H groups in total. The molecule has 1 saturated heterocycles. The van der Waals surface area contributed by atoms with Gasteiger partial charge in [-0.05, 0) is 12.0 Å². The highest BCUT2D eigenvalue weighted by Crippen LogP contribution is 2.20. The number of aliphatic hydroxyl groups excluding tert-OH is 4. The van der Waals surface area contributed by atoms with Crippen LogP contribution in [-0.4, -0.2) is 69.8 Å². The Morgan fingerprint density at radius 3 is 2.43 bits per heavy atom. The molecule has 3 unspecified atom stereocenters. The van der Waals surface area contributed by atoms with E-state index in [1.165, 1.54) is 0 Å². The van der Waals surface area contributed by atoms with Crippen molar-refractivity contribution >= 4 is 5.97 Å². The van der Waals surface area contributed by atoms with Crippen molar-refractivity contribution in [3.8, 4) is 0 Å². The second-order valence-corrected chi connectivity index (χ2v) is 5.46. The minimum Gasteiger partial charge on any atom is -0.462 e. The predicted molar refractivity (Wildman–Crippen MR) is 78.0 cm³/mol. The van der Waals surface area contributed by atoms with Crippen LogP contribution in [0, 0.1) is 0 Å². The van der Waals surface area contributed by atoms with Crippen molar-refractivity contribution in [3.05, 3.63) is 35.9 Å². The quantitative estimate of drug-likeness (QED) is 0.387. The molecule has 0 aromatic heterocycles. The number of carbonyl (C=O) groups excluding carboxylic acids is 1. The van der Waals surface area contributed by atoms with Gasteiger partial charge in [-0.2, -0.15) is 0 Å². The Kier molecular flexibility index (Phi) is 6.05. The van der Waals surface area contributed by atoms with E-state index in [4.69, 9.17) is 15.2 Å². The third kappa shape index (κ3) is 4.47. The van der Waals surface area contributed by atoms with Gasteiger partial charge in [-0.1, -0.05) is 30.3 Å². The number of esters is 1. The number of carbonyl (C=O) groups is 1.